The van der Waals surface area contributed by atoms with Gasteiger partial charge in [-0.3, -0.25) is 4.79 Å². The van der Waals surface area contributed by atoms with E-state index in [1.807, 2.05) is 0 Å². The van der Waals surface area contributed by atoms with Crippen LogP contribution in [0, 0.1) is 5.92 Å². The second-order valence-corrected chi connectivity index (χ2v) is 5.09. The Balaban J connectivity index is 2.39. The van der Waals surface area contributed by atoms with Gasteiger partial charge in [0.05, 0.1) is 13.2 Å². The van der Waals surface area contributed by atoms with E-state index in [9.17, 15) is 4.79 Å². The average molecular weight is 258 g/mol. The zero-order valence-electron chi connectivity index (χ0n) is 11.3. The summed E-state index contributed by atoms with van der Waals surface area (Å²) in [5.74, 6) is 0.519. The molecular formula is C13H26N2O3. The third-order valence-electron chi connectivity index (χ3n) is 3.57. The smallest absolute Gasteiger partial charge is 0.223 e. The highest BCUT2D eigenvalue weighted by atomic mass is 16.5. The Morgan fingerprint density at radius 1 is 1.44 bits per heavy atom. The molecular weight excluding hydrogens is 232 g/mol. The third-order valence-corrected chi connectivity index (χ3v) is 3.57. The predicted octanol–water partition coefficient (Wildman–Crippen LogP) is 0.361. The van der Waals surface area contributed by atoms with E-state index in [1.54, 1.807) is 12.0 Å². The maximum Gasteiger partial charge on any atom is 0.223 e. The summed E-state index contributed by atoms with van der Waals surface area (Å²) in [5, 5.41) is 8.98. The van der Waals surface area contributed by atoms with E-state index in [1.165, 1.54) is 0 Å². The SMILES string of the molecule is COCCN(CCO)C(=O)CC1CCCC(N)C1. The Morgan fingerprint density at radius 2 is 2.22 bits per heavy atom. The topological polar surface area (TPSA) is 75.8 Å². The van der Waals surface area contributed by atoms with E-state index in [2.05, 4.69) is 0 Å². The number of nitrogens with two attached hydrogens (primary N) is 1. The number of methoxy groups -OCH3 is 1. The van der Waals surface area contributed by atoms with Crippen LogP contribution in [0.3, 0.4) is 0 Å². The van der Waals surface area contributed by atoms with Crippen LogP contribution >= 0.6 is 0 Å². The molecule has 1 fully saturated rings. The van der Waals surface area contributed by atoms with Gasteiger partial charge >= 0.3 is 0 Å². The zero-order valence-corrected chi connectivity index (χ0v) is 11.3. The molecule has 0 radical (unpaired) electrons. The van der Waals surface area contributed by atoms with Crippen molar-refractivity contribution in [3.05, 3.63) is 0 Å². The number of hydrogen-bond acceptors (Lipinski definition) is 4. The number of hydrogen-bond donors (Lipinski definition) is 2. The highest BCUT2D eigenvalue weighted by Crippen LogP contribution is 2.26. The molecule has 5 nitrogen and oxygen atoms in total. The molecule has 106 valence electrons. The maximum atomic E-state index is 12.1. The minimum absolute atomic E-state index is 0.000362. The van der Waals surface area contributed by atoms with Crippen LogP contribution in [0.1, 0.15) is 32.1 Å². The first-order valence-corrected chi connectivity index (χ1v) is 6.80. The maximum absolute atomic E-state index is 12.1. The van der Waals surface area contributed by atoms with Gasteiger partial charge in [-0.25, -0.2) is 0 Å². The van der Waals surface area contributed by atoms with Crippen molar-refractivity contribution in [3.8, 4) is 0 Å². The van der Waals surface area contributed by atoms with Crippen LogP contribution in [0.5, 0.6) is 0 Å². The number of rotatable bonds is 7. The molecule has 1 amide bonds. The molecule has 0 aromatic carbocycles. The lowest BCUT2D eigenvalue weighted by Gasteiger charge is -2.29. The summed E-state index contributed by atoms with van der Waals surface area (Å²) >= 11 is 0. The molecule has 18 heavy (non-hydrogen) atoms. The van der Waals surface area contributed by atoms with Crippen LogP contribution in [0.2, 0.25) is 0 Å². The first kappa shape index (κ1) is 15.4. The molecule has 0 spiro atoms. The number of aliphatic hydroxyl groups excluding tert-OH is 1. The number of aliphatic hydroxyl groups is 1. The Morgan fingerprint density at radius 3 is 2.83 bits per heavy atom. The summed E-state index contributed by atoms with van der Waals surface area (Å²) in [6, 6.07) is 0.252. The predicted molar refractivity (Wildman–Crippen MR) is 70.1 cm³/mol. The van der Waals surface area contributed by atoms with Crippen LogP contribution in [-0.2, 0) is 9.53 Å². The van der Waals surface area contributed by atoms with E-state index in [4.69, 9.17) is 15.6 Å². The summed E-state index contributed by atoms with van der Waals surface area (Å²) in [6.45, 7) is 1.45. The monoisotopic (exact) mass is 258 g/mol. The molecule has 0 bridgehead atoms. The summed E-state index contributed by atoms with van der Waals surface area (Å²) in [7, 11) is 1.61. The Kier molecular flexibility index (Phi) is 7.23. The number of carbonyl (C=O) groups excluding carboxylic acids is 1. The van der Waals surface area contributed by atoms with Crippen molar-refractivity contribution in [2.45, 2.75) is 38.1 Å². The van der Waals surface area contributed by atoms with Crippen molar-refractivity contribution in [2.75, 3.05) is 33.4 Å². The standard InChI is InChI=1S/C13H26N2O3/c1-18-8-6-15(5-7-16)13(17)10-11-3-2-4-12(14)9-11/h11-12,16H,2-10,14H2,1H3. The number of amides is 1. The molecule has 1 aliphatic rings. The van der Waals surface area contributed by atoms with Crippen molar-refractivity contribution >= 4 is 5.91 Å². The quantitative estimate of drug-likeness (QED) is 0.691. The molecule has 3 N–H and O–H groups in total. The third kappa shape index (κ3) is 5.33. The minimum Gasteiger partial charge on any atom is -0.395 e. The molecule has 1 aliphatic carbocycles. The fourth-order valence-electron chi connectivity index (χ4n) is 2.58. The molecule has 0 aromatic heterocycles. The molecule has 0 heterocycles. The molecule has 1 rings (SSSR count). The summed E-state index contributed by atoms with van der Waals surface area (Å²) < 4.78 is 4.98. The Hall–Kier alpha value is -0.650. The normalized spacial score (nSPS) is 23.9. The van der Waals surface area contributed by atoms with Crippen LogP contribution in [0.25, 0.3) is 0 Å². The van der Waals surface area contributed by atoms with Crippen molar-refractivity contribution in [1.82, 2.24) is 4.90 Å². The van der Waals surface area contributed by atoms with Gasteiger partial charge in [-0.1, -0.05) is 6.42 Å². The summed E-state index contributed by atoms with van der Waals surface area (Å²) in [5.41, 5.74) is 5.93. The molecule has 0 aromatic rings. The van der Waals surface area contributed by atoms with Gasteiger partial charge in [0, 0.05) is 32.7 Å². The molecule has 0 saturated heterocycles. The van der Waals surface area contributed by atoms with Gasteiger partial charge in [0.25, 0.3) is 0 Å². The first-order valence-electron chi connectivity index (χ1n) is 6.80. The van der Waals surface area contributed by atoms with Gasteiger partial charge in [0.2, 0.25) is 5.91 Å². The second kappa shape index (κ2) is 8.45. The van der Waals surface area contributed by atoms with Crippen molar-refractivity contribution in [3.63, 3.8) is 0 Å². The number of ether oxygens (including phenoxy) is 1. The lowest BCUT2D eigenvalue weighted by atomic mass is 9.84. The zero-order chi connectivity index (χ0) is 13.4. The molecule has 1 saturated carbocycles. The van der Waals surface area contributed by atoms with Crippen LogP contribution in [-0.4, -0.2) is 55.4 Å². The fourth-order valence-corrected chi connectivity index (χ4v) is 2.58. The summed E-state index contributed by atoms with van der Waals surface area (Å²) in [4.78, 5) is 13.8. The van der Waals surface area contributed by atoms with Crippen LogP contribution in [0.15, 0.2) is 0 Å². The Labute approximate surface area is 109 Å². The van der Waals surface area contributed by atoms with Crippen LogP contribution in [0.4, 0.5) is 0 Å². The molecule has 0 aliphatic heterocycles. The van der Waals surface area contributed by atoms with Gasteiger partial charge in [0.15, 0.2) is 0 Å². The van der Waals surface area contributed by atoms with Gasteiger partial charge < -0.3 is 20.5 Å². The molecule has 5 heteroatoms. The molecule has 2 unspecified atom stereocenters. The lowest BCUT2D eigenvalue weighted by molar-refractivity contribution is -0.133. The number of carbonyl (C=O) groups is 1. The van der Waals surface area contributed by atoms with Crippen molar-refractivity contribution in [2.24, 2.45) is 11.7 Å². The van der Waals surface area contributed by atoms with Gasteiger partial charge in [-0.15, -0.1) is 0 Å². The van der Waals surface area contributed by atoms with Crippen molar-refractivity contribution in [1.29, 1.82) is 0 Å². The number of nitrogens with zero attached hydrogens (tertiary/aromatic N) is 1. The van der Waals surface area contributed by atoms with E-state index in [0.717, 1.165) is 25.7 Å². The fraction of sp³-hybridized carbons (Fsp3) is 0.923. The molecule has 2 atom stereocenters. The largest absolute Gasteiger partial charge is 0.395 e. The highest BCUT2D eigenvalue weighted by Gasteiger charge is 2.23. The minimum atomic E-state index is -0.000362. The first-order chi connectivity index (χ1) is 8.67. The van der Waals surface area contributed by atoms with E-state index in [0.29, 0.717) is 32.0 Å². The van der Waals surface area contributed by atoms with Gasteiger partial charge in [-0.05, 0) is 25.2 Å². The van der Waals surface area contributed by atoms with E-state index >= 15 is 0 Å². The Bertz CT molecular complexity index is 248. The summed E-state index contributed by atoms with van der Waals surface area (Å²) in [6.07, 6.45) is 4.79. The van der Waals surface area contributed by atoms with Gasteiger partial charge in [0.1, 0.15) is 0 Å². The van der Waals surface area contributed by atoms with Crippen LogP contribution < -0.4 is 5.73 Å². The average Bonchev–Trinajstić information content (AvgIpc) is 2.34. The second-order valence-electron chi connectivity index (χ2n) is 5.09. The van der Waals surface area contributed by atoms with E-state index in [-0.39, 0.29) is 18.6 Å². The lowest BCUT2D eigenvalue weighted by Crippen LogP contribution is -2.38. The highest BCUT2D eigenvalue weighted by molar-refractivity contribution is 5.76. The van der Waals surface area contributed by atoms with Crippen molar-refractivity contribution < 1.29 is 14.6 Å². The van der Waals surface area contributed by atoms with Gasteiger partial charge in [-0.2, -0.15) is 0 Å². The van der Waals surface area contributed by atoms with E-state index < -0.39 is 0 Å².